The number of hydrogen-bond acceptors (Lipinski definition) is 4. The van der Waals surface area contributed by atoms with Gasteiger partial charge in [-0.05, 0) is 57.1 Å². The van der Waals surface area contributed by atoms with Crippen molar-refractivity contribution in [2.45, 2.75) is 62.1 Å². The van der Waals surface area contributed by atoms with Crippen molar-refractivity contribution in [2.24, 2.45) is 5.92 Å². The monoisotopic (exact) mass is 412 g/mol. The topological polar surface area (TPSA) is 95.5 Å². The first-order valence-corrected chi connectivity index (χ1v) is 11.1. The summed E-state index contributed by atoms with van der Waals surface area (Å²) in [5, 5.41) is 15.3. The molecule has 1 aromatic rings. The maximum absolute atomic E-state index is 13.0. The smallest absolute Gasteiger partial charge is 0.319 e. The highest BCUT2D eigenvalue weighted by molar-refractivity contribution is 7.92. The minimum atomic E-state index is -3.79. The molecule has 2 aliphatic rings. The fraction of sp³-hybridized carbons (Fsp3) is 0.526. The molecular weight excluding hydrogens is 388 g/mol. The lowest BCUT2D eigenvalue weighted by Gasteiger charge is -2.18. The number of aromatic hydroxyl groups is 1. The van der Waals surface area contributed by atoms with Crippen LogP contribution in [0.5, 0.6) is 5.75 Å². The van der Waals surface area contributed by atoms with Gasteiger partial charge in [0.1, 0.15) is 4.90 Å². The second kappa shape index (κ2) is 7.72. The van der Waals surface area contributed by atoms with Gasteiger partial charge in [-0.1, -0.05) is 30.2 Å². The number of carbonyl (C=O) groups excluding carboxylic acids is 1. The van der Waals surface area contributed by atoms with Crippen molar-refractivity contribution < 1.29 is 18.3 Å². The molecule has 2 amide bonds. The Morgan fingerprint density at radius 1 is 1.26 bits per heavy atom. The van der Waals surface area contributed by atoms with E-state index in [4.69, 9.17) is 11.6 Å². The first kappa shape index (κ1) is 20.0. The zero-order valence-electron chi connectivity index (χ0n) is 15.5. The number of hydrogen-bond donors (Lipinski definition) is 3. The summed E-state index contributed by atoms with van der Waals surface area (Å²) in [7, 11) is -3.79. The van der Waals surface area contributed by atoms with E-state index in [0.717, 1.165) is 24.8 Å². The molecule has 8 heteroatoms. The number of anilines is 1. The first-order valence-electron chi connectivity index (χ1n) is 9.19. The van der Waals surface area contributed by atoms with Crippen LogP contribution < -0.4 is 10.6 Å². The summed E-state index contributed by atoms with van der Waals surface area (Å²) in [6.45, 7) is 3.96. The molecule has 3 N–H and O–H groups in total. The zero-order chi connectivity index (χ0) is 19.8. The lowest BCUT2D eigenvalue weighted by atomic mass is 10.1. The molecule has 27 heavy (non-hydrogen) atoms. The third-order valence-corrected chi connectivity index (χ3v) is 8.19. The maximum atomic E-state index is 13.0. The molecule has 3 atom stereocenters. The number of nitrogens with one attached hydrogen (secondary N) is 2. The molecule has 6 nitrogen and oxygen atoms in total. The number of benzene rings is 1. The molecule has 0 heterocycles. The van der Waals surface area contributed by atoms with Crippen molar-refractivity contribution >= 4 is 33.2 Å². The maximum Gasteiger partial charge on any atom is 0.319 e. The predicted molar refractivity (Wildman–Crippen MR) is 106 cm³/mol. The van der Waals surface area contributed by atoms with Gasteiger partial charge >= 0.3 is 6.03 Å². The molecule has 0 saturated heterocycles. The summed E-state index contributed by atoms with van der Waals surface area (Å²) in [6.07, 6.45) is 5.72. The standard InChI is InChI=1S/C19H25ClN2O4S/c1-11-6-7-13(10-11)27(25,26)18-14(20)8-9-16(17(18)23)22-19(24)21-15-5-3-4-12(15)2/h4,8-9,11,13,15,23H,3,5-7,10H2,1-2H3,(H2,21,22,24)/t11-,13-,15-/m1/s1. The fourth-order valence-corrected chi connectivity index (χ4v) is 6.43. The molecule has 0 unspecified atom stereocenters. The summed E-state index contributed by atoms with van der Waals surface area (Å²) < 4.78 is 26.0. The van der Waals surface area contributed by atoms with E-state index in [-0.39, 0.29) is 21.6 Å². The van der Waals surface area contributed by atoms with Crippen LogP contribution in [0.1, 0.15) is 46.0 Å². The minimum absolute atomic E-state index is 0.0288. The molecule has 1 fully saturated rings. The van der Waals surface area contributed by atoms with Gasteiger partial charge < -0.3 is 15.7 Å². The van der Waals surface area contributed by atoms with Crippen molar-refractivity contribution in [3.8, 4) is 5.75 Å². The van der Waals surface area contributed by atoms with E-state index < -0.39 is 26.9 Å². The van der Waals surface area contributed by atoms with Crippen LogP contribution in [-0.4, -0.2) is 30.8 Å². The number of carbonyl (C=O) groups is 1. The summed E-state index contributed by atoms with van der Waals surface area (Å²) in [4.78, 5) is 12.0. The number of rotatable bonds is 4. The van der Waals surface area contributed by atoms with E-state index in [0.29, 0.717) is 18.8 Å². The van der Waals surface area contributed by atoms with Gasteiger partial charge in [-0.15, -0.1) is 0 Å². The van der Waals surface area contributed by atoms with Crippen LogP contribution in [0.25, 0.3) is 0 Å². The van der Waals surface area contributed by atoms with Gasteiger partial charge in [0.2, 0.25) is 0 Å². The SMILES string of the molecule is CC1=CCC[C@H]1NC(=O)Nc1ccc(Cl)c(S(=O)(=O)[C@@H]2CC[C@@H](C)C2)c1O. The van der Waals surface area contributed by atoms with Gasteiger partial charge in [0.15, 0.2) is 15.6 Å². The molecule has 0 aliphatic heterocycles. The Morgan fingerprint density at radius 3 is 2.59 bits per heavy atom. The Bertz CT molecular complexity index is 882. The van der Waals surface area contributed by atoms with Gasteiger partial charge in [0.05, 0.1) is 22.0 Å². The molecule has 2 aliphatic carbocycles. The summed E-state index contributed by atoms with van der Waals surface area (Å²) in [5.41, 5.74) is 1.12. The van der Waals surface area contributed by atoms with Crippen molar-refractivity contribution in [3.63, 3.8) is 0 Å². The average Bonchev–Trinajstić information content (AvgIpc) is 3.19. The minimum Gasteiger partial charge on any atom is -0.504 e. The summed E-state index contributed by atoms with van der Waals surface area (Å²) >= 11 is 6.12. The van der Waals surface area contributed by atoms with Crippen LogP contribution in [-0.2, 0) is 9.84 Å². The number of phenols is 1. The van der Waals surface area contributed by atoms with E-state index >= 15 is 0 Å². The highest BCUT2D eigenvalue weighted by atomic mass is 35.5. The normalized spacial score (nSPS) is 25.3. The molecule has 1 saturated carbocycles. The number of allylic oxidation sites excluding steroid dienone is 1. The lowest BCUT2D eigenvalue weighted by Crippen LogP contribution is -2.37. The van der Waals surface area contributed by atoms with Crippen LogP contribution in [0, 0.1) is 5.92 Å². The predicted octanol–water partition coefficient (Wildman–Crippen LogP) is 4.24. The molecule has 0 spiro atoms. The Morgan fingerprint density at radius 2 is 2.00 bits per heavy atom. The zero-order valence-corrected chi connectivity index (χ0v) is 17.0. The highest BCUT2D eigenvalue weighted by Gasteiger charge is 2.37. The van der Waals surface area contributed by atoms with Gasteiger partial charge in [-0.3, -0.25) is 0 Å². The molecule has 0 bridgehead atoms. The van der Waals surface area contributed by atoms with Crippen molar-refractivity contribution in [1.29, 1.82) is 0 Å². The van der Waals surface area contributed by atoms with E-state index in [9.17, 15) is 18.3 Å². The van der Waals surface area contributed by atoms with Crippen molar-refractivity contribution in [3.05, 3.63) is 28.8 Å². The highest BCUT2D eigenvalue weighted by Crippen LogP contribution is 2.42. The molecule has 0 radical (unpaired) electrons. The Balaban J connectivity index is 1.83. The van der Waals surface area contributed by atoms with Gasteiger partial charge in [-0.2, -0.15) is 0 Å². The quantitative estimate of drug-likeness (QED) is 0.509. The van der Waals surface area contributed by atoms with Crippen LogP contribution in [0.4, 0.5) is 10.5 Å². The van der Waals surface area contributed by atoms with Gasteiger partial charge in [0.25, 0.3) is 0 Å². The van der Waals surface area contributed by atoms with E-state index in [1.165, 1.54) is 12.1 Å². The summed E-state index contributed by atoms with van der Waals surface area (Å²) in [6, 6.07) is 2.25. The number of phenolic OH excluding ortho intramolecular Hbond substituents is 1. The van der Waals surface area contributed by atoms with Crippen LogP contribution in [0.2, 0.25) is 5.02 Å². The molecule has 3 rings (SSSR count). The molecule has 0 aromatic heterocycles. The first-order chi connectivity index (χ1) is 12.7. The van der Waals surface area contributed by atoms with Gasteiger partial charge in [-0.25, -0.2) is 13.2 Å². The number of amides is 2. The van der Waals surface area contributed by atoms with Crippen LogP contribution >= 0.6 is 11.6 Å². The van der Waals surface area contributed by atoms with E-state index in [1.807, 2.05) is 13.8 Å². The Hall–Kier alpha value is -1.73. The number of halogens is 1. The summed E-state index contributed by atoms with van der Waals surface area (Å²) in [5.74, 6) is -0.184. The Kier molecular flexibility index (Phi) is 5.72. The molecule has 148 valence electrons. The third-order valence-electron chi connectivity index (χ3n) is 5.48. The average molecular weight is 413 g/mol. The van der Waals surface area contributed by atoms with Gasteiger partial charge in [0, 0.05) is 0 Å². The number of sulfone groups is 1. The van der Waals surface area contributed by atoms with E-state index in [1.54, 1.807) is 0 Å². The third kappa shape index (κ3) is 4.09. The van der Waals surface area contributed by atoms with Crippen LogP contribution in [0.15, 0.2) is 28.7 Å². The van der Waals surface area contributed by atoms with Crippen molar-refractivity contribution in [2.75, 3.05) is 5.32 Å². The van der Waals surface area contributed by atoms with Crippen LogP contribution in [0.3, 0.4) is 0 Å². The molecular formula is C19H25ClN2O4S. The number of urea groups is 1. The molecule has 1 aromatic carbocycles. The second-order valence-electron chi connectivity index (χ2n) is 7.53. The van der Waals surface area contributed by atoms with Crippen molar-refractivity contribution in [1.82, 2.24) is 5.32 Å². The fourth-order valence-electron chi connectivity index (χ4n) is 3.87. The lowest BCUT2D eigenvalue weighted by molar-refractivity contribution is 0.249. The Labute approximate surface area is 164 Å². The second-order valence-corrected chi connectivity index (χ2v) is 10.1. The largest absolute Gasteiger partial charge is 0.504 e. The van der Waals surface area contributed by atoms with E-state index in [2.05, 4.69) is 16.7 Å².